The van der Waals surface area contributed by atoms with Crippen LogP contribution in [0.2, 0.25) is 0 Å². The second kappa shape index (κ2) is 5.16. The molecular formula is C7H11F2N3OS. The molecule has 1 N–H and O–H groups in total. The molecule has 1 rings (SSSR count). The van der Waals surface area contributed by atoms with Gasteiger partial charge in [-0.3, -0.25) is 5.10 Å². The average Bonchev–Trinajstić information content (AvgIpc) is 2.43. The van der Waals surface area contributed by atoms with Gasteiger partial charge in [0.25, 0.3) is 6.43 Å². The summed E-state index contributed by atoms with van der Waals surface area (Å²) in [6, 6.07) is 0. The third-order valence-electron chi connectivity index (χ3n) is 1.69. The highest BCUT2D eigenvalue weighted by Gasteiger charge is 2.04. The molecule has 0 aliphatic rings. The smallest absolute Gasteiger partial charge is 0.261 e. The first-order chi connectivity index (χ1) is 6.61. The minimum Gasteiger partial charge on any atom is -0.375 e. The summed E-state index contributed by atoms with van der Waals surface area (Å²) >= 11 is 4.88. The first-order valence-electron chi connectivity index (χ1n) is 4.07. The van der Waals surface area contributed by atoms with E-state index in [2.05, 4.69) is 10.2 Å². The molecule has 7 heteroatoms. The lowest BCUT2D eigenvalue weighted by Crippen LogP contribution is -2.09. The highest BCUT2D eigenvalue weighted by molar-refractivity contribution is 7.71. The van der Waals surface area contributed by atoms with Crippen LogP contribution in [0.1, 0.15) is 5.82 Å². The maximum atomic E-state index is 11.7. The summed E-state index contributed by atoms with van der Waals surface area (Å²) in [5.74, 6) is 0.698. The largest absolute Gasteiger partial charge is 0.375 e. The molecule has 0 unspecified atom stereocenters. The standard InChI is InChI=1S/C7H11F2N3OS/c1-12-6(10-11-7(12)14)2-3-13-4-5(8)9/h5H,2-4H2,1H3,(H,11,14). The van der Waals surface area contributed by atoms with Crippen LogP contribution in [0.5, 0.6) is 0 Å². The van der Waals surface area contributed by atoms with E-state index in [4.69, 9.17) is 17.0 Å². The Balaban J connectivity index is 2.32. The fourth-order valence-electron chi connectivity index (χ4n) is 0.939. The van der Waals surface area contributed by atoms with Crippen LogP contribution in [-0.4, -0.2) is 34.4 Å². The number of aromatic nitrogens is 3. The molecule has 0 radical (unpaired) electrons. The number of alkyl halides is 2. The Morgan fingerprint density at radius 2 is 2.36 bits per heavy atom. The lowest BCUT2D eigenvalue weighted by atomic mass is 10.4. The fourth-order valence-corrected chi connectivity index (χ4v) is 1.09. The number of H-pyrrole nitrogens is 1. The van der Waals surface area contributed by atoms with Crippen LogP contribution < -0.4 is 0 Å². The summed E-state index contributed by atoms with van der Waals surface area (Å²) in [6.45, 7) is -0.313. The lowest BCUT2D eigenvalue weighted by Gasteiger charge is -2.02. The number of hydrogen-bond donors (Lipinski definition) is 1. The number of nitrogens with zero attached hydrogens (tertiary/aromatic N) is 2. The quantitative estimate of drug-likeness (QED) is 0.604. The highest BCUT2D eigenvalue weighted by Crippen LogP contribution is 1.97. The van der Waals surface area contributed by atoms with Crippen molar-refractivity contribution < 1.29 is 13.5 Å². The third kappa shape index (κ3) is 3.15. The molecule has 0 aliphatic heterocycles. The van der Waals surface area contributed by atoms with Crippen LogP contribution in [-0.2, 0) is 18.2 Å². The van der Waals surface area contributed by atoms with Crippen molar-refractivity contribution in [3.63, 3.8) is 0 Å². The number of nitrogens with one attached hydrogen (secondary N) is 1. The van der Waals surface area contributed by atoms with E-state index in [1.54, 1.807) is 11.6 Å². The van der Waals surface area contributed by atoms with Gasteiger partial charge in [-0.05, 0) is 12.2 Å². The van der Waals surface area contributed by atoms with Crippen LogP contribution in [0, 0.1) is 4.77 Å². The molecule has 0 spiro atoms. The molecule has 0 saturated carbocycles. The molecule has 14 heavy (non-hydrogen) atoms. The molecule has 0 saturated heterocycles. The van der Waals surface area contributed by atoms with Crippen LogP contribution in [0.4, 0.5) is 8.78 Å². The monoisotopic (exact) mass is 223 g/mol. The first kappa shape index (κ1) is 11.3. The van der Waals surface area contributed by atoms with E-state index >= 15 is 0 Å². The van der Waals surface area contributed by atoms with Gasteiger partial charge in [0.2, 0.25) is 0 Å². The highest BCUT2D eigenvalue weighted by atomic mass is 32.1. The predicted octanol–water partition coefficient (Wildman–Crippen LogP) is 1.30. The fraction of sp³-hybridized carbons (Fsp3) is 0.714. The number of hydrogen-bond acceptors (Lipinski definition) is 3. The van der Waals surface area contributed by atoms with Gasteiger partial charge in [0.15, 0.2) is 4.77 Å². The topological polar surface area (TPSA) is 42.8 Å². The van der Waals surface area contributed by atoms with Gasteiger partial charge in [-0.15, -0.1) is 0 Å². The normalized spacial score (nSPS) is 11.1. The zero-order chi connectivity index (χ0) is 10.6. The van der Waals surface area contributed by atoms with E-state index in [1.165, 1.54) is 0 Å². The van der Waals surface area contributed by atoms with Crippen LogP contribution in [0.3, 0.4) is 0 Å². The van der Waals surface area contributed by atoms with Gasteiger partial charge in [-0.1, -0.05) is 0 Å². The van der Waals surface area contributed by atoms with Gasteiger partial charge >= 0.3 is 0 Å². The molecule has 0 atom stereocenters. The van der Waals surface area contributed by atoms with E-state index in [0.717, 1.165) is 0 Å². The van der Waals surface area contributed by atoms with Gasteiger partial charge in [0.1, 0.15) is 12.4 Å². The number of aromatic amines is 1. The van der Waals surface area contributed by atoms with Crippen LogP contribution in [0.25, 0.3) is 0 Å². The van der Waals surface area contributed by atoms with E-state index in [9.17, 15) is 8.78 Å². The third-order valence-corrected chi connectivity index (χ3v) is 2.05. The Labute approximate surface area is 84.9 Å². The SMILES string of the molecule is Cn1c(CCOCC(F)F)n[nH]c1=S. The average molecular weight is 223 g/mol. The van der Waals surface area contributed by atoms with E-state index in [-0.39, 0.29) is 6.61 Å². The van der Waals surface area contributed by atoms with Gasteiger partial charge in [0.05, 0.1) is 6.61 Å². The van der Waals surface area contributed by atoms with Crippen molar-refractivity contribution in [1.82, 2.24) is 14.8 Å². The van der Waals surface area contributed by atoms with Crippen LogP contribution in [0.15, 0.2) is 0 Å². The summed E-state index contributed by atoms with van der Waals surface area (Å²) in [7, 11) is 1.76. The number of ether oxygens (including phenoxy) is 1. The molecule has 1 heterocycles. The number of halogens is 2. The second-order valence-corrected chi connectivity index (χ2v) is 3.11. The summed E-state index contributed by atoms with van der Waals surface area (Å²) < 4.78 is 30.3. The zero-order valence-corrected chi connectivity index (χ0v) is 8.48. The summed E-state index contributed by atoms with van der Waals surface area (Å²) in [5, 5.41) is 6.51. The van der Waals surface area contributed by atoms with E-state index < -0.39 is 13.0 Å². The van der Waals surface area contributed by atoms with E-state index in [1.807, 2.05) is 0 Å². The minimum absolute atomic E-state index is 0.220. The summed E-state index contributed by atoms with van der Waals surface area (Å²) in [6.07, 6.45) is -1.95. The van der Waals surface area contributed by atoms with Gasteiger partial charge in [-0.2, -0.15) is 5.10 Å². The van der Waals surface area contributed by atoms with E-state index in [0.29, 0.717) is 17.0 Å². The van der Waals surface area contributed by atoms with Gasteiger partial charge in [-0.25, -0.2) is 8.78 Å². The van der Waals surface area contributed by atoms with Crippen LogP contribution >= 0.6 is 12.2 Å². The predicted molar refractivity (Wildman–Crippen MR) is 48.9 cm³/mol. The number of rotatable bonds is 5. The molecule has 0 aromatic carbocycles. The second-order valence-electron chi connectivity index (χ2n) is 2.72. The Hall–Kier alpha value is -0.820. The van der Waals surface area contributed by atoms with Crippen molar-refractivity contribution in [2.75, 3.05) is 13.2 Å². The lowest BCUT2D eigenvalue weighted by molar-refractivity contribution is 0.0181. The molecule has 80 valence electrons. The maximum absolute atomic E-state index is 11.7. The molecular weight excluding hydrogens is 212 g/mol. The Bertz CT molecular complexity index is 336. The summed E-state index contributed by atoms with van der Waals surface area (Å²) in [4.78, 5) is 0. The molecule has 0 bridgehead atoms. The van der Waals surface area contributed by atoms with Gasteiger partial charge in [0, 0.05) is 13.5 Å². The molecule has 0 fully saturated rings. The van der Waals surface area contributed by atoms with Crippen molar-refractivity contribution in [3.05, 3.63) is 10.6 Å². The summed E-state index contributed by atoms with van der Waals surface area (Å²) in [5.41, 5.74) is 0. The Morgan fingerprint density at radius 3 is 2.86 bits per heavy atom. The van der Waals surface area contributed by atoms with Crippen molar-refractivity contribution >= 4 is 12.2 Å². The zero-order valence-electron chi connectivity index (χ0n) is 7.67. The van der Waals surface area contributed by atoms with Crippen molar-refractivity contribution in [3.8, 4) is 0 Å². The van der Waals surface area contributed by atoms with Crippen molar-refractivity contribution in [1.29, 1.82) is 0 Å². The Kier molecular flexibility index (Phi) is 4.15. The molecule has 4 nitrogen and oxygen atoms in total. The molecule has 0 aliphatic carbocycles. The first-order valence-corrected chi connectivity index (χ1v) is 4.48. The van der Waals surface area contributed by atoms with Crippen molar-refractivity contribution in [2.45, 2.75) is 12.8 Å². The maximum Gasteiger partial charge on any atom is 0.261 e. The van der Waals surface area contributed by atoms with Gasteiger partial charge < -0.3 is 9.30 Å². The molecule has 0 amide bonds. The molecule has 1 aromatic rings. The molecule has 1 aromatic heterocycles. The minimum atomic E-state index is -2.42. The Morgan fingerprint density at radius 1 is 1.64 bits per heavy atom. The van der Waals surface area contributed by atoms with Crippen molar-refractivity contribution in [2.24, 2.45) is 7.05 Å².